The number of halogens is 1. The fourth-order valence-corrected chi connectivity index (χ4v) is 2.89. The van der Waals surface area contributed by atoms with E-state index in [-0.39, 0.29) is 0 Å². The number of thiazole rings is 1. The van der Waals surface area contributed by atoms with Crippen molar-refractivity contribution in [3.05, 3.63) is 15.5 Å². The van der Waals surface area contributed by atoms with Crippen LogP contribution in [0.15, 0.2) is 6.20 Å². The van der Waals surface area contributed by atoms with Crippen LogP contribution in [0.5, 0.6) is 0 Å². The van der Waals surface area contributed by atoms with E-state index < -0.39 is 0 Å². The van der Waals surface area contributed by atoms with Crippen LogP contribution in [0.3, 0.4) is 0 Å². The summed E-state index contributed by atoms with van der Waals surface area (Å²) in [5.41, 5.74) is 0.331. The minimum atomic E-state index is 0.331. The van der Waals surface area contributed by atoms with E-state index in [0.717, 1.165) is 15.9 Å². The van der Waals surface area contributed by atoms with Gasteiger partial charge in [-0.2, -0.15) is 0 Å². The fraction of sp³-hybridized carbons (Fsp3) is 0.700. The molecule has 1 N–H and O–H groups in total. The molecule has 2 nitrogen and oxygen atoms in total. The molecule has 78 valence electrons. The van der Waals surface area contributed by atoms with Gasteiger partial charge in [0.05, 0.1) is 6.20 Å². The van der Waals surface area contributed by atoms with Crippen molar-refractivity contribution in [2.75, 3.05) is 0 Å². The minimum Gasteiger partial charge on any atom is -0.305 e. The Morgan fingerprint density at radius 1 is 1.57 bits per heavy atom. The van der Waals surface area contributed by atoms with Crippen LogP contribution in [0.4, 0.5) is 0 Å². The third-order valence-corrected chi connectivity index (χ3v) is 4.01. The molecule has 0 bridgehead atoms. The van der Waals surface area contributed by atoms with Crippen molar-refractivity contribution in [2.24, 2.45) is 0 Å². The van der Waals surface area contributed by atoms with Crippen molar-refractivity contribution in [2.45, 2.75) is 44.7 Å². The molecular formula is C10H15ClN2S. The predicted molar refractivity (Wildman–Crippen MR) is 60.8 cm³/mol. The van der Waals surface area contributed by atoms with Crippen molar-refractivity contribution in [1.29, 1.82) is 0 Å². The maximum Gasteiger partial charge on any atom is 0.113 e. The Hall–Kier alpha value is -0.120. The molecule has 0 radical (unpaired) electrons. The lowest BCUT2D eigenvalue weighted by Crippen LogP contribution is -2.38. The normalized spacial score (nSPS) is 20.1. The quantitative estimate of drug-likeness (QED) is 0.863. The fourth-order valence-electron chi connectivity index (χ4n) is 1.99. The largest absolute Gasteiger partial charge is 0.305 e. The van der Waals surface area contributed by atoms with Crippen molar-refractivity contribution >= 4 is 22.9 Å². The summed E-state index contributed by atoms with van der Waals surface area (Å²) in [5, 5.41) is 4.66. The average Bonchev–Trinajstić information content (AvgIpc) is 2.73. The molecule has 1 aliphatic carbocycles. The summed E-state index contributed by atoms with van der Waals surface area (Å²) in [7, 11) is 0. The number of hydrogen-bond acceptors (Lipinski definition) is 3. The van der Waals surface area contributed by atoms with Crippen LogP contribution in [0, 0.1) is 0 Å². The number of rotatable bonds is 3. The van der Waals surface area contributed by atoms with Crippen molar-refractivity contribution in [3.63, 3.8) is 0 Å². The Kier molecular flexibility index (Phi) is 3.10. The Morgan fingerprint density at radius 2 is 2.29 bits per heavy atom. The topological polar surface area (TPSA) is 24.9 Å². The third kappa shape index (κ3) is 2.47. The second kappa shape index (κ2) is 4.17. The van der Waals surface area contributed by atoms with Gasteiger partial charge < -0.3 is 5.32 Å². The van der Waals surface area contributed by atoms with Gasteiger partial charge in [-0.1, -0.05) is 24.4 Å². The van der Waals surface area contributed by atoms with E-state index >= 15 is 0 Å². The first kappa shape index (κ1) is 10.4. The van der Waals surface area contributed by atoms with E-state index in [9.17, 15) is 0 Å². The second-order valence-electron chi connectivity index (χ2n) is 4.18. The molecule has 1 fully saturated rings. The number of hydrogen-bond donors (Lipinski definition) is 1. The van der Waals surface area contributed by atoms with Crippen molar-refractivity contribution in [3.8, 4) is 0 Å². The van der Waals surface area contributed by atoms with Crippen LogP contribution in [0.1, 0.15) is 37.6 Å². The molecule has 0 unspecified atom stereocenters. The molecule has 1 saturated carbocycles. The summed E-state index contributed by atoms with van der Waals surface area (Å²) in [6.45, 7) is 3.16. The van der Waals surface area contributed by atoms with E-state index in [1.165, 1.54) is 25.7 Å². The first-order valence-corrected chi connectivity index (χ1v) is 6.23. The van der Waals surface area contributed by atoms with Crippen LogP contribution < -0.4 is 5.32 Å². The molecule has 1 heterocycles. The summed E-state index contributed by atoms with van der Waals surface area (Å²) in [5.74, 6) is 0. The van der Waals surface area contributed by atoms with Gasteiger partial charge in [0, 0.05) is 12.1 Å². The maximum atomic E-state index is 5.82. The lowest BCUT2D eigenvalue weighted by Gasteiger charge is -2.24. The molecule has 1 aromatic heterocycles. The van der Waals surface area contributed by atoms with Gasteiger partial charge in [0.25, 0.3) is 0 Å². The van der Waals surface area contributed by atoms with E-state index in [1.54, 1.807) is 17.5 Å². The summed E-state index contributed by atoms with van der Waals surface area (Å²) >= 11 is 7.38. The van der Waals surface area contributed by atoms with Crippen LogP contribution in [-0.2, 0) is 6.54 Å². The SMILES string of the molecule is CC1(NCc2ncc(Cl)s2)CCCC1. The highest BCUT2D eigenvalue weighted by Crippen LogP contribution is 2.29. The van der Waals surface area contributed by atoms with Crippen LogP contribution in [0.25, 0.3) is 0 Å². The van der Waals surface area contributed by atoms with E-state index in [1.807, 2.05) is 0 Å². The smallest absolute Gasteiger partial charge is 0.113 e. The zero-order valence-corrected chi connectivity index (χ0v) is 9.92. The summed E-state index contributed by atoms with van der Waals surface area (Å²) in [6.07, 6.45) is 6.99. The molecule has 0 atom stereocenters. The van der Waals surface area contributed by atoms with Crippen LogP contribution in [-0.4, -0.2) is 10.5 Å². The van der Waals surface area contributed by atoms with Gasteiger partial charge in [-0.05, 0) is 19.8 Å². The predicted octanol–water partition coefficient (Wildman–Crippen LogP) is 3.22. The molecule has 0 saturated heterocycles. The summed E-state index contributed by atoms with van der Waals surface area (Å²) in [4.78, 5) is 4.23. The highest BCUT2D eigenvalue weighted by molar-refractivity contribution is 7.15. The molecule has 14 heavy (non-hydrogen) atoms. The summed E-state index contributed by atoms with van der Waals surface area (Å²) in [6, 6.07) is 0. The first-order valence-electron chi connectivity index (χ1n) is 5.03. The summed E-state index contributed by atoms with van der Waals surface area (Å²) < 4.78 is 0.776. The maximum absolute atomic E-state index is 5.82. The zero-order valence-electron chi connectivity index (χ0n) is 8.35. The monoisotopic (exact) mass is 230 g/mol. The zero-order chi connectivity index (χ0) is 10.0. The van der Waals surface area contributed by atoms with E-state index in [2.05, 4.69) is 17.2 Å². The highest BCUT2D eigenvalue weighted by Gasteiger charge is 2.27. The molecular weight excluding hydrogens is 216 g/mol. The molecule has 2 rings (SSSR count). The van der Waals surface area contributed by atoms with Gasteiger partial charge in [-0.25, -0.2) is 4.98 Å². The lowest BCUT2D eigenvalue weighted by molar-refractivity contribution is 0.362. The Labute approximate surface area is 93.7 Å². The van der Waals surface area contributed by atoms with E-state index in [0.29, 0.717) is 5.54 Å². The van der Waals surface area contributed by atoms with Gasteiger partial charge in [0.15, 0.2) is 0 Å². The van der Waals surface area contributed by atoms with Gasteiger partial charge in [-0.3, -0.25) is 0 Å². The molecule has 0 aromatic carbocycles. The number of nitrogens with zero attached hydrogens (tertiary/aromatic N) is 1. The Balaban J connectivity index is 1.87. The Bertz CT molecular complexity index is 305. The minimum absolute atomic E-state index is 0.331. The number of aromatic nitrogens is 1. The Morgan fingerprint density at radius 3 is 2.86 bits per heavy atom. The van der Waals surface area contributed by atoms with Crippen molar-refractivity contribution in [1.82, 2.24) is 10.3 Å². The van der Waals surface area contributed by atoms with Gasteiger partial charge in [-0.15, -0.1) is 11.3 Å². The second-order valence-corrected chi connectivity index (χ2v) is 5.93. The number of nitrogens with one attached hydrogen (secondary N) is 1. The molecule has 0 amide bonds. The van der Waals surface area contributed by atoms with Crippen LogP contribution in [0.2, 0.25) is 4.34 Å². The third-order valence-electron chi connectivity index (χ3n) is 2.90. The van der Waals surface area contributed by atoms with Gasteiger partial charge in [0.2, 0.25) is 0 Å². The van der Waals surface area contributed by atoms with E-state index in [4.69, 9.17) is 11.6 Å². The molecule has 1 aromatic rings. The van der Waals surface area contributed by atoms with Gasteiger partial charge >= 0.3 is 0 Å². The lowest BCUT2D eigenvalue weighted by atomic mass is 10.0. The standard InChI is InChI=1S/C10H15ClN2S/c1-10(4-2-3-5-10)13-7-9-12-6-8(11)14-9/h6,13H,2-5,7H2,1H3. The average molecular weight is 231 g/mol. The molecule has 4 heteroatoms. The molecule has 0 aliphatic heterocycles. The van der Waals surface area contributed by atoms with Gasteiger partial charge in [0.1, 0.15) is 9.34 Å². The first-order chi connectivity index (χ1) is 6.68. The molecule has 0 spiro atoms. The highest BCUT2D eigenvalue weighted by atomic mass is 35.5. The van der Waals surface area contributed by atoms with Crippen LogP contribution >= 0.6 is 22.9 Å². The van der Waals surface area contributed by atoms with Crippen molar-refractivity contribution < 1.29 is 0 Å². The molecule has 1 aliphatic rings.